The molecule has 1 fully saturated rings. The number of halogens is 1. The minimum absolute atomic E-state index is 0.103. The Bertz CT molecular complexity index is 689. The molecule has 0 bridgehead atoms. The maximum absolute atomic E-state index is 13.2. The van der Waals surface area contributed by atoms with Crippen molar-refractivity contribution in [2.45, 2.75) is 28.9 Å². The number of nitro benzene ring substituents is 1. The normalized spacial score (nSPS) is 15.9. The molecule has 0 radical (unpaired) electrons. The van der Waals surface area contributed by atoms with Gasteiger partial charge in [0, 0.05) is 13.2 Å². The van der Waals surface area contributed by atoms with Gasteiger partial charge in [0.2, 0.25) is 5.16 Å². The van der Waals surface area contributed by atoms with Crippen molar-refractivity contribution in [3.63, 3.8) is 0 Å². The van der Waals surface area contributed by atoms with E-state index in [0.717, 1.165) is 30.7 Å². The third-order valence-corrected chi connectivity index (χ3v) is 4.33. The Hall–Kier alpha value is -2.07. The molecule has 1 aromatic carbocycles. The van der Waals surface area contributed by atoms with E-state index in [-0.39, 0.29) is 11.7 Å². The molecule has 0 unspecified atom stereocenters. The standard InChI is InChI=1S/C12H12FN5O3S/c13-8-1-2-11(10(7-8)18(19)20)22-12-14-15-16-17(12)9-3-5-21-6-4-9/h1-2,7,9H,3-6H2. The molecule has 1 aliphatic rings. The predicted octanol–water partition coefficient (Wildman–Crippen LogP) is 2.22. The Balaban J connectivity index is 1.88. The minimum atomic E-state index is -0.653. The lowest BCUT2D eigenvalue weighted by Crippen LogP contribution is -2.21. The van der Waals surface area contributed by atoms with Crippen LogP contribution in [-0.4, -0.2) is 38.3 Å². The molecular weight excluding hydrogens is 313 g/mol. The molecular formula is C12H12FN5O3S. The number of nitro groups is 1. The minimum Gasteiger partial charge on any atom is -0.381 e. The summed E-state index contributed by atoms with van der Waals surface area (Å²) in [7, 11) is 0. The van der Waals surface area contributed by atoms with E-state index in [0.29, 0.717) is 23.3 Å². The van der Waals surface area contributed by atoms with Crippen molar-refractivity contribution >= 4 is 17.4 Å². The summed E-state index contributed by atoms with van der Waals surface area (Å²) in [6.07, 6.45) is 1.56. The summed E-state index contributed by atoms with van der Waals surface area (Å²) in [6.45, 7) is 1.26. The van der Waals surface area contributed by atoms with Crippen molar-refractivity contribution in [1.29, 1.82) is 0 Å². The SMILES string of the molecule is O=[N+]([O-])c1cc(F)ccc1Sc1nnnn1C1CCOCC1. The molecule has 1 aromatic heterocycles. The molecule has 10 heteroatoms. The number of aromatic nitrogens is 4. The predicted molar refractivity (Wildman–Crippen MR) is 74.1 cm³/mol. The van der Waals surface area contributed by atoms with Crippen LogP contribution in [0.2, 0.25) is 0 Å². The molecule has 0 atom stereocenters. The van der Waals surface area contributed by atoms with E-state index in [1.165, 1.54) is 12.1 Å². The van der Waals surface area contributed by atoms with Crippen LogP contribution in [0.15, 0.2) is 28.3 Å². The van der Waals surface area contributed by atoms with Gasteiger partial charge in [-0.15, -0.1) is 5.10 Å². The molecule has 1 aliphatic heterocycles. The number of ether oxygens (including phenoxy) is 1. The van der Waals surface area contributed by atoms with Crippen LogP contribution in [0.4, 0.5) is 10.1 Å². The summed E-state index contributed by atoms with van der Waals surface area (Å²) in [4.78, 5) is 10.7. The smallest absolute Gasteiger partial charge is 0.286 e. The molecule has 22 heavy (non-hydrogen) atoms. The Kier molecular flexibility index (Phi) is 4.29. The van der Waals surface area contributed by atoms with Crippen LogP contribution in [0.1, 0.15) is 18.9 Å². The summed E-state index contributed by atoms with van der Waals surface area (Å²) in [5.41, 5.74) is -0.300. The Morgan fingerprint density at radius 1 is 1.41 bits per heavy atom. The van der Waals surface area contributed by atoms with Gasteiger partial charge in [0.05, 0.1) is 21.9 Å². The molecule has 0 saturated carbocycles. The third-order valence-electron chi connectivity index (χ3n) is 3.32. The fourth-order valence-electron chi connectivity index (χ4n) is 2.23. The molecule has 1 saturated heterocycles. The second kappa shape index (κ2) is 6.36. The van der Waals surface area contributed by atoms with E-state index in [9.17, 15) is 14.5 Å². The van der Waals surface area contributed by atoms with Crippen molar-refractivity contribution in [2.75, 3.05) is 13.2 Å². The summed E-state index contributed by atoms with van der Waals surface area (Å²) >= 11 is 1.06. The average molecular weight is 325 g/mol. The summed E-state index contributed by atoms with van der Waals surface area (Å²) in [5.74, 6) is -0.653. The van der Waals surface area contributed by atoms with Gasteiger partial charge in [0.15, 0.2) is 0 Å². The van der Waals surface area contributed by atoms with Crippen LogP contribution in [-0.2, 0) is 4.74 Å². The van der Waals surface area contributed by atoms with Gasteiger partial charge in [0.25, 0.3) is 5.69 Å². The first-order valence-corrected chi connectivity index (χ1v) is 7.44. The maximum atomic E-state index is 13.2. The monoisotopic (exact) mass is 325 g/mol. The first-order valence-electron chi connectivity index (χ1n) is 6.62. The van der Waals surface area contributed by atoms with Crippen LogP contribution in [0, 0.1) is 15.9 Å². The number of benzene rings is 1. The zero-order valence-electron chi connectivity index (χ0n) is 11.4. The zero-order chi connectivity index (χ0) is 15.5. The van der Waals surface area contributed by atoms with E-state index in [1.807, 2.05) is 0 Å². The highest BCUT2D eigenvalue weighted by Crippen LogP contribution is 2.35. The van der Waals surface area contributed by atoms with Gasteiger partial charge in [-0.1, -0.05) is 0 Å². The Labute approximate surface area is 128 Å². The molecule has 3 rings (SSSR count). The molecule has 0 amide bonds. The number of rotatable bonds is 4. The molecule has 2 heterocycles. The number of hydrogen-bond donors (Lipinski definition) is 0. The van der Waals surface area contributed by atoms with Gasteiger partial charge >= 0.3 is 0 Å². The van der Waals surface area contributed by atoms with Gasteiger partial charge in [-0.2, -0.15) is 0 Å². The lowest BCUT2D eigenvalue weighted by molar-refractivity contribution is -0.387. The number of nitrogens with zero attached hydrogens (tertiary/aromatic N) is 5. The van der Waals surface area contributed by atoms with Crippen LogP contribution < -0.4 is 0 Å². The van der Waals surface area contributed by atoms with Gasteiger partial charge in [-0.25, -0.2) is 9.07 Å². The van der Waals surface area contributed by atoms with Gasteiger partial charge in [0.1, 0.15) is 5.82 Å². The molecule has 116 valence electrons. The van der Waals surface area contributed by atoms with Crippen molar-refractivity contribution < 1.29 is 14.1 Å². The lowest BCUT2D eigenvalue weighted by atomic mass is 10.1. The van der Waals surface area contributed by atoms with Gasteiger partial charge < -0.3 is 4.74 Å². The van der Waals surface area contributed by atoms with Crippen molar-refractivity contribution in [3.8, 4) is 0 Å². The summed E-state index contributed by atoms with van der Waals surface area (Å²) < 4.78 is 20.1. The van der Waals surface area contributed by atoms with Crippen LogP contribution in [0.5, 0.6) is 0 Å². The van der Waals surface area contributed by atoms with Crippen molar-refractivity contribution in [2.24, 2.45) is 0 Å². The van der Waals surface area contributed by atoms with Crippen molar-refractivity contribution in [1.82, 2.24) is 20.2 Å². The topological polar surface area (TPSA) is 96.0 Å². The van der Waals surface area contributed by atoms with E-state index >= 15 is 0 Å². The van der Waals surface area contributed by atoms with E-state index in [1.54, 1.807) is 4.68 Å². The number of tetrazole rings is 1. The molecule has 0 spiro atoms. The van der Waals surface area contributed by atoms with Crippen LogP contribution >= 0.6 is 11.8 Å². The first kappa shape index (κ1) is 14.9. The highest BCUT2D eigenvalue weighted by atomic mass is 32.2. The highest BCUT2D eigenvalue weighted by Gasteiger charge is 2.23. The largest absolute Gasteiger partial charge is 0.381 e. The highest BCUT2D eigenvalue weighted by molar-refractivity contribution is 7.99. The average Bonchev–Trinajstić information content (AvgIpc) is 2.98. The Morgan fingerprint density at radius 3 is 2.91 bits per heavy atom. The maximum Gasteiger partial charge on any atom is 0.286 e. The van der Waals surface area contributed by atoms with Crippen molar-refractivity contribution in [3.05, 3.63) is 34.1 Å². The molecule has 0 N–H and O–H groups in total. The quantitative estimate of drug-likeness (QED) is 0.628. The van der Waals surface area contributed by atoms with Gasteiger partial charge in [-0.3, -0.25) is 10.1 Å². The van der Waals surface area contributed by atoms with Crippen LogP contribution in [0.25, 0.3) is 0 Å². The Morgan fingerprint density at radius 2 is 2.18 bits per heavy atom. The molecule has 8 nitrogen and oxygen atoms in total. The molecule has 2 aromatic rings. The first-order chi connectivity index (χ1) is 10.6. The van der Waals surface area contributed by atoms with E-state index < -0.39 is 10.7 Å². The zero-order valence-corrected chi connectivity index (χ0v) is 12.2. The summed E-state index contributed by atoms with van der Waals surface area (Å²) in [5, 5.41) is 23.0. The second-order valence-electron chi connectivity index (χ2n) is 4.72. The summed E-state index contributed by atoms with van der Waals surface area (Å²) in [6, 6.07) is 3.54. The van der Waals surface area contributed by atoms with E-state index in [2.05, 4.69) is 15.5 Å². The number of hydrogen-bond acceptors (Lipinski definition) is 7. The fraction of sp³-hybridized carbons (Fsp3) is 0.417. The molecule has 0 aliphatic carbocycles. The van der Waals surface area contributed by atoms with E-state index in [4.69, 9.17) is 4.74 Å². The second-order valence-corrected chi connectivity index (χ2v) is 5.73. The lowest BCUT2D eigenvalue weighted by Gasteiger charge is -2.22. The van der Waals surface area contributed by atoms with Gasteiger partial charge in [-0.05, 0) is 47.2 Å². The van der Waals surface area contributed by atoms with Crippen LogP contribution in [0.3, 0.4) is 0 Å². The fourth-order valence-corrected chi connectivity index (χ4v) is 3.16. The third kappa shape index (κ3) is 3.07.